The summed E-state index contributed by atoms with van der Waals surface area (Å²) in [4.78, 5) is 1.18. The Balaban J connectivity index is 1.82. The first-order chi connectivity index (χ1) is 11.9. The summed E-state index contributed by atoms with van der Waals surface area (Å²) >= 11 is 0. The van der Waals surface area contributed by atoms with E-state index < -0.39 is 17.6 Å². The number of hydrogen-bond acceptors (Lipinski definition) is 4. The first kappa shape index (κ1) is 16.9. The monoisotopic (exact) mass is 352 g/mol. The summed E-state index contributed by atoms with van der Waals surface area (Å²) in [5.41, 5.74) is -0.0353. The van der Waals surface area contributed by atoms with Gasteiger partial charge in [0, 0.05) is 5.56 Å². The number of rotatable bonds is 4. The van der Waals surface area contributed by atoms with Gasteiger partial charge in [-0.1, -0.05) is 18.2 Å². The maximum atomic E-state index is 13.7. The van der Waals surface area contributed by atoms with Gasteiger partial charge < -0.3 is 4.74 Å². The van der Waals surface area contributed by atoms with Gasteiger partial charge in [-0.3, -0.25) is 0 Å². The molecule has 3 rings (SSSR count). The van der Waals surface area contributed by atoms with Gasteiger partial charge in [-0.05, 0) is 35.0 Å². The van der Waals surface area contributed by atoms with Gasteiger partial charge in [0.2, 0.25) is 5.82 Å². The van der Waals surface area contributed by atoms with Crippen molar-refractivity contribution in [2.75, 3.05) is 7.11 Å². The average molecular weight is 352 g/mol. The molecule has 0 bridgehead atoms. The predicted octanol–water partition coefficient (Wildman–Crippen LogP) is 3.55. The topological polar surface area (TPSA) is 52.8 Å². The molecule has 0 radical (unpaired) electrons. The predicted molar refractivity (Wildman–Crippen MR) is 80.3 cm³/mol. The Morgan fingerprint density at radius 1 is 1.12 bits per heavy atom. The molecule has 0 saturated heterocycles. The smallest absolute Gasteiger partial charge is 0.416 e. The molecule has 0 aliphatic carbocycles. The highest BCUT2D eigenvalue weighted by Crippen LogP contribution is 2.31. The number of aromatic nitrogens is 4. The van der Waals surface area contributed by atoms with Gasteiger partial charge in [-0.15, -0.1) is 10.2 Å². The summed E-state index contributed by atoms with van der Waals surface area (Å²) in [6.45, 7) is 0.118. The average Bonchev–Trinajstić information content (AvgIpc) is 3.03. The van der Waals surface area contributed by atoms with Crippen LogP contribution in [0.3, 0.4) is 0 Å². The molecule has 130 valence electrons. The van der Waals surface area contributed by atoms with Crippen LogP contribution in [0.2, 0.25) is 0 Å². The lowest BCUT2D eigenvalue weighted by Crippen LogP contribution is -2.05. The van der Waals surface area contributed by atoms with E-state index in [9.17, 15) is 17.6 Å². The second-order valence-corrected chi connectivity index (χ2v) is 5.19. The Morgan fingerprint density at radius 3 is 2.60 bits per heavy atom. The van der Waals surface area contributed by atoms with E-state index in [1.54, 1.807) is 6.07 Å². The van der Waals surface area contributed by atoms with Gasteiger partial charge in [-0.2, -0.15) is 18.0 Å². The van der Waals surface area contributed by atoms with Gasteiger partial charge in [0.05, 0.1) is 19.2 Å². The van der Waals surface area contributed by atoms with Crippen molar-refractivity contribution in [3.05, 3.63) is 59.4 Å². The molecule has 25 heavy (non-hydrogen) atoms. The molecule has 0 fully saturated rings. The fraction of sp³-hybridized carbons (Fsp3) is 0.188. The molecule has 0 saturated carbocycles. The molecule has 0 amide bonds. The normalized spacial score (nSPS) is 11.6. The van der Waals surface area contributed by atoms with Crippen molar-refractivity contribution in [3.63, 3.8) is 0 Å². The highest BCUT2D eigenvalue weighted by molar-refractivity contribution is 5.55. The van der Waals surface area contributed by atoms with E-state index in [0.29, 0.717) is 5.56 Å². The second-order valence-electron chi connectivity index (χ2n) is 5.19. The first-order valence-corrected chi connectivity index (χ1v) is 7.14. The van der Waals surface area contributed by atoms with Crippen molar-refractivity contribution in [3.8, 4) is 17.1 Å². The molecule has 2 aromatic carbocycles. The minimum absolute atomic E-state index is 0.0556. The maximum Gasteiger partial charge on any atom is 0.416 e. The quantitative estimate of drug-likeness (QED) is 0.674. The molecule has 0 N–H and O–H groups in total. The fourth-order valence-electron chi connectivity index (χ4n) is 2.23. The van der Waals surface area contributed by atoms with Crippen LogP contribution in [0.1, 0.15) is 11.1 Å². The van der Waals surface area contributed by atoms with E-state index in [4.69, 9.17) is 4.74 Å². The number of methoxy groups -OCH3 is 1. The Bertz CT molecular complexity index is 892. The molecule has 0 atom stereocenters. The highest BCUT2D eigenvalue weighted by Gasteiger charge is 2.30. The molecule has 0 aliphatic heterocycles. The third-order valence-electron chi connectivity index (χ3n) is 3.44. The number of nitrogens with zero attached hydrogens (tertiary/aromatic N) is 4. The summed E-state index contributed by atoms with van der Waals surface area (Å²) in [6, 6.07) is 9.03. The van der Waals surface area contributed by atoms with Crippen LogP contribution in [0.15, 0.2) is 42.5 Å². The molecule has 0 unspecified atom stereocenters. The third-order valence-corrected chi connectivity index (χ3v) is 3.44. The number of alkyl halides is 3. The first-order valence-electron chi connectivity index (χ1n) is 7.14. The van der Waals surface area contributed by atoms with Crippen LogP contribution in [0.4, 0.5) is 17.6 Å². The number of tetrazole rings is 1. The van der Waals surface area contributed by atoms with E-state index in [2.05, 4.69) is 15.4 Å². The summed E-state index contributed by atoms with van der Waals surface area (Å²) in [5.74, 6) is -0.363. The Labute approximate surface area is 139 Å². The third kappa shape index (κ3) is 3.76. The molecule has 5 nitrogen and oxygen atoms in total. The standard InChI is InChI=1S/C16H12F4N4O/c1-25-14-6-5-10(7-13(14)17)9-24-22-15(21-23-24)11-3-2-4-12(8-11)16(18,19)20/h2-8H,9H2,1H3. The largest absolute Gasteiger partial charge is 0.494 e. The lowest BCUT2D eigenvalue weighted by atomic mass is 10.1. The number of benzene rings is 2. The van der Waals surface area contributed by atoms with Gasteiger partial charge in [0.1, 0.15) is 0 Å². The summed E-state index contributed by atoms with van der Waals surface area (Å²) < 4.78 is 56.8. The van der Waals surface area contributed by atoms with Crippen molar-refractivity contribution in [2.45, 2.75) is 12.7 Å². The van der Waals surface area contributed by atoms with E-state index in [1.807, 2.05) is 0 Å². The number of ether oxygens (including phenoxy) is 1. The molecule has 1 heterocycles. The lowest BCUT2D eigenvalue weighted by molar-refractivity contribution is -0.137. The Kier molecular flexibility index (Phi) is 4.39. The molecular formula is C16H12F4N4O. The molecule has 0 spiro atoms. The zero-order chi connectivity index (χ0) is 18.0. The molecule has 9 heteroatoms. The van der Waals surface area contributed by atoms with Crippen LogP contribution in [-0.2, 0) is 12.7 Å². The van der Waals surface area contributed by atoms with Gasteiger partial charge in [0.25, 0.3) is 0 Å². The van der Waals surface area contributed by atoms with Crippen LogP contribution in [-0.4, -0.2) is 27.3 Å². The zero-order valence-corrected chi connectivity index (χ0v) is 13.0. The lowest BCUT2D eigenvalue weighted by Gasteiger charge is -2.06. The summed E-state index contributed by atoms with van der Waals surface area (Å²) in [6.07, 6.45) is -4.45. The summed E-state index contributed by atoms with van der Waals surface area (Å²) in [5, 5.41) is 11.6. The maximum absolute atomic E-state index is 13.7. The molecular weight excluding hydrogens is 340 g/mol. The molecule has 3 aromatic rings. The number of halogens is 4. The van der Waals surface area contributed by atoms with Crippen molar-refractivity contribution in [2.24, 2.45) is 0 Å². The Morgan fingerprint density at radius 2 is 1.92 bits per heavy atom. The minimum Gasteiger partial charge on any atom is -0.494 e. The minimum atomic E-state index is -4.45. The van der Waals surface area contributed by atoms with Crippen molar-refractivity contribution < 1.29 is 22.3 Å². The van der Waals surface area contributed by atoms with Crippen LogP contribution >= 0.6 is 0 Å². The van der Waals surface area contributed by atoms with Crippen LogP contribution < -0.4 is 4.74 Å². The van der Waals surface area contributed by atoms with Crippen LogP contribution in [0, 0.1) is 5.82 Å². The van der Waals surface area contributed by atoms with E-state index in [1.165, 1.54) is 36.2 Å². The van der Waals surface area contributed by atoms with E-state index in [0.717, 1.165) is 12.1 Å². The van der Waals surface area contributed by atoms with Crippen molar-refractivity contribution >= 4 is 0 Å². The second kappa shape index (κ2) is 6.50. The van der Waals surface area contributed by atoms with Gasteiger partial charge in [-0.25, -0.2) is 4.39 Å². The van der Waals surface area contributed by atoms with E-state index in [-0.39, 0.29) is 23.7 Å². The number of hydrogen-bond donors (Lipinski definition) is 0. The van der Waals surface area contributed by atoms with Gasteiger partial charge in [0.15, 0.2) is 11.6 Å². The molecule has 0 aliphatic rings. The van der Waals surface area contributed by atoms with Crippen LogP contribution in [0.5, 0.6) is 5.75 Å². The highest BCUT2D eigenvalue weighted by atomic mass is 19.4. The Hall–Kier alpha value is -2.97. The fourth-order valence-corrected chi connectivity index (χ4v) is 2.23. The summed E-state index contributed by atoms with van der Waals surface area (Å²) in [7, 11) is 1.36. The zero-order valence-electron chi connectivity index (χ0n) is 13.0. The van der Waals surface area contributed by atoms with E-state index >= 15 is 0 Å². The molecule has 1 aromatic heterocycles. The SMILES string of the molecule is COc1ccc(Cn2nnc(-c3cccc(C(F)(F)F)c3)n2)cc1F. The van der Waals surface area contributed by atoms with Crippen molar-refractivity contribution in [1.82, 2.24) is 20.2 Å². The van der Waals surface area contributed by atoms with Crippen LogP contribution in [0.25, 0.3) is 11.4 Å². The van der Waals surface area contributed by atoms with Gasteiger partial charge >= 0.3 is 6.18 Å². The van der Waals surface area contributed by atoms with Crippen molar-refractivity contribution in [1.29, 1.82) is 0 Å².